The van der Waals surface area contributed by atoms with Crippen molar-refractivity contribution in [1.82, 2.24) is 10.2 Å². The van der Waals surface area contributed by atoms with Gasteiger partial charge in [0.1, 0.15) is 12.6 Å². The molecule has 0 aliphatic rings. The van der Waals surface area contributed by atoms with Crippen LogP contribution in [0.5, 0.6) is 0 Å². The highest BCUT2D eigenvalue weighted by molar-refractivity contribution is 9.10. The molecule has 0 bridgehead atoms. The maximum Gasteiger partial charge on any atom is 0.264 e. The number of rotatable bonds is 14. The number of carbonyl (C=O) groups is 2. The van der Waals surface area contributed by atoms with E-state index in [2.05, 4.69) is 37.2 Å². The van der Waals surface area contributed by atoms with Gasteiger partial charge in [-0.15, -0.1) is 0 Å². The second kappa shape index (κ2) is 16.2. The summed E-state index contributed by atoms with van der Waals surface area (Å²) in [5.74, 6) is -0.784. The van der Waals surface area contributed by atoms with Crippen molar-refractivity contribution in [2.75, 3.05) is 17.4 Å². The number of halogens is 2. The van der Waals surface area contributed by atoms with E-state index in [0.717, 1.165) is 38.3 Å². The molecule has 4 rings (SSSR count). The molecule has 0 unspecified atom stereocenters. The van der Waals surface area contributed by atoms with E-state index < -0.39 is 28.5 Å². The van der Waals surface area contributed by atoms with Gasteiger partial charge < -0.3 is 10.2 Å². The lowest BCUT2D eigenvalue weighted by molar-refractivity contribution is -0.140. The predicted octanol–water partition coefficient (Wildman–Crippen LogP) is 7.27. The monoisotopic (exact) mass is 753 g/mol. The summed E-state index contributed by atoms with van der Waals surface area (Å²) >= 11 is 6.91. The van der Waals surface area contributed by atoms with Crippen LogP contribution in [0.3, 0.4) is 0 Å². The van der Waals surface area contributed by atoms with E-state index in [1.165, 1.54) is 4.90 Å². The molecule has 0 spiro atoms. The molecule has 4 aromatic rings. The molecule has 0 heterocycles. The largest absolute Gasteiger partial charge is 0.354 e. The minimum absolute atomic E-state index is 0.0680. The molecule has 45 heavy (non-hydrogen) atoms. The highest BCUT2D eigenvalue weighted by Crippen LogP contribution is 2.27. The number of carbonyl (C=O) groups excluding carboxylic acids is 2. The molecule has 1 N–H and O–H groups in total. The number of aryl methyl sites for hydroxylation is 1. The zero-order valence-electron chi connectivity index (χ0n) is 25.3. The second-order valence-corrected chi connectivity index (χ2v) is 14.5. The van der Waals surface area contributed by atoms with Crippen molar-refractivity contribution in [1.29, 1.82) is 0 Å². The molecule has 2 amide bonds. The van der Waals surface area contributed by atoms with Crippen LogP contribution in [0.15, 0.2) is 117 Å². The Morgan fingerprint density at radius 2 is 1.51 bits per heavy atom. The van der Waals surface area contributed by atoms with Gasteiger partial charge in [0.05, 0.1) is 10.6 Å². The van der Waals surface area contributed by atoms with Crippen molar-refractivity contribution in [3.8, 4) is 0 Å². The Kier molecular flexibility index (Phi) is 12.4. The van der Waals surface area contributed by atoms with Gasteiger partial charge in [0.15, 0.2) is 0 Å². The molecule has 0 saturated heterocycles. The van der Waals surface area contributed by atoms with Crippen molar-refractivity contribution in [3.63, 3.8) is 0 Å². The third kappa shape index (κ3) is 9.51. The summed E-state index contributed by atoms with van der Waals surface area (Å²) in [6.07, 6.45) is 1.97. The Balaban J connectivity index is 1.78. The fourth-order valence-corrected chi connectivity index (χ4v) is 6.90. The van der Waals surface area contributed by atoms with Crippen LogP contribution in [-0.4, -0.2) is 44.3 Å². The number of sulfonamides is 1. The van der Waals surface area contributed by atoms with E-state index in [1.807, 2.05) is 68.4 Å². The van der Waals surface area contributed by atoms with Crippen LogP contribution in [0.2, 0.25) is 0 Å². The third-order valence-corrected chi connectivity index (χ3v) is 10.2. The zero-order chi connectivity index (χ0) is 32.4. The van der Waals surface area contributed by atoms with Crippen molar-refractivity contribution in [2.45, 2.75) is 50.6 Å². The van der Waals surface area contributed by atoms with Gasteiger partial charge in [-0.05, 0) is 66.9 Å². The Morgan fingerprint density at radius 3 is 2.16 bits per heavy atom. The molecular formula is C35H37Br2N3O4S. The van der Waals surface area contributed by atoms with E-state index in [4.69, 9.17) is 0 Å². The molecule has 4 aromatic carbocycles. The number of benzene rings is 4. The first-order valence-corrected chi connectivity index (χ1v) is 17.8. The number of hydrogen-bond donors (Lipinski definition) is 1. The summed E-state index contributed by atoms with van der Waals surface area (Å²) in [6, 6.07) is 29.5. The lowest BCUT2D eigenvalue weighted by atomic mass is 10.0. The average molecular weight is 756 g/mol. The third-order valence-electron chi connectivity index (χ3n) is 7.35. The van der Waals surface area contributed by atoms with E-state index in [1.54, 1.807) is 48.5 Å². The maximum absolute atomic E-state index is 14.5. The first-order valence-electron chi connectivity index (χ1n) is 14.8. The Morgan fingerprint density at radius 1 is 0.822 bits per heavy atom. The van der Waals surface area contributed by atoms with Crippen molar-refractivity contribution >= 4 is 59.4 Å². The van der Waals surface area contributed by atoms with Crippen molar-refractivity contribution < 1.29 is 18.0 Å². The molecule has 0 radical (unpaired) electrons. The standard InChI is InChI=1S/C35H37Br2N3O4S/c1-3-4-21-38-35(42)33(22-27-9-6-5-7-10-27)39(24-28-15-17-29(36)18-16-28)34(41)25-40(31-12-8-11-30(37)23-31)45(43,44)32-19-13-26(2)14-20-32/h5-20,23,33H,3-4,21-22,24-25H2,1-2H3,(H,38,42)/t33-/m0/s1. The van der Waals surface area contributed by atoms with Gasteiger partial charge >= 0.3 is 0 Å². The summed E-state index contributed by atoms with van der Waals surface area (Å²) in [5, 5.41) is 3.01. The predicted molar refractivity (Wildman–Crippen MR) is 186 cm³/mol. The van der Waals surface area contributed by atoms with E-state index >= 15 is 0 Å². The number of nitrogens with one attached hydrogen (secondary N) is 1. The van der Waals surface area contributed by atoms with Gasteiger partial charge in [-0.25, -0.2) is 8.42 Å². The Labute approximate surface area is 283 Å². The van der Waals surface area contributed by atoms with Crippen LogP contribution in [0.1, 0.15) is 36.5 Å². The lowest BCUT2D eigenvalue weighted by Gasteiger charge is -2.34. The van der Waals surface area contributed by atoms with E-state index in [9.17, 15) is 18.0 Å². The first-order chi connectivity index (χ1) is 21.6. The van der Waals surface area contributed by atoms with Crippen LogP contribution >= 0.6 is 31.9 Å². The number of unbranched alkanes of at least 4 members (excludes halogenated alkanes) is 1. The lowest BCUT2D eigenvalue weighted by Crippen LogP contribution is -2.53. The number of nitrogens with zero attached hydrogens (tertiary/aromatic N) is 2. The summed E-state index contributed by atoms with van der Waals surface area (Å²) in [4.78, 5) is 29.9. The second-order valence-electron chi connectivity index (χ2n) is 10.8. The average Bonchev–Trinajstić information content (AvgIpc) is 3.03. The molecule has 0 fully saturated rings. The van der Waals surface area contributed by atoms with E-state index in [-0.39, 0.29) is 23.8 Å². The summed E-state index contributed by atoms with van der Waals surface area (Å²) in [6.45, 7) is 4.01. The van der Waals surface area contributed by atoms with Gasteiger partial charge in [-0.1, -0.05) is 111 Å². The molecule has 0 saturated carbocycles. The molecule has 10 heteroatoms. The minimum atomic E-state index is -4.16. The molecule has 0 aliphatic heterocycles. The molecule has 236 valence electrons. The fourth-order valence-electron chi connectivity index (χ4n) is 4.84. The SMILES string of the molecule is CCCCNC(=O)[C@H](Cc1ccccc1)N(Cc1ccc(Br)cc1)C(=O)CN(c1cccc(Br)c1)S(=O)(=O)c1ccc(C)cc1. The highest BCUT2D eigenvalue weighted by Gasteiger charge is 2.34. The fraction of sp³-hybridized carbons (Fsp3) is 0.257. The van der Waals surface area contributed by atoms with Gasteiger partial charge in [0.2, 0.25) is 11.8 Å². The Hall–Kier alpha value is -3.47. The summed E-state index contributed by atoms with van der Waals surface area (Å²) < 4.78 is 30.9. The summed E-state index contributed by atoms with van der Waals surface area (Å²) in [5.41, 5.74) is 2.94. The van der Waals surface area contributed by atoms with E-state index in [0.29, 0.717) is 16.7 Å². The zero-order valence-corrected chi connectivity index (χ0v) is 29.3. The Bertz CT molecular complexity index is 1680. The quantitative estimate of drug-likeness (QED) is 0.137. The van der Waals surface area contributed by atoms with Crippen LogP contribution in [0, 0.1) is 6.92 Å². The first kappa shape index (κ1) is 34.4. The molecule has 0 aromatic heterocycles. The smallest absolute Gasteiger partial charge is 0.264 e. The number of anilines is 1. The van der Waals surface area contributed by atoms with Crippen LogP contribution < -0.4 is 9.62 Å². The highest BCUT2D eigenvalue weighted by atomic mass is 79.9. The van der Waals surface area contributed by atoms with Gasteiger partial charge in [0, 0.05) is 28.5 Å². The molecule has 1 atom stereocenters. The van der Waals surface area contributed by atoms with Crippen LogP contribution in [0.4, 0.5) is 5.69 Å². The summed E-state index contributed by atoms with van der Waals surface area (Å²) in [7, 11) is -4.16. The van der Waals surface area contributed by atoms with Gasteiger partial charge in [-0.2, -0.15) is 0 Å². The van der Waals surface area contributed by atoms with Gasteiger partial charge in [-0.3, -0.25) is 13.9 Å². The van der Waals surface area contributed by atoms with Crippen molar-refractivity contribution in [2.24, 2.45) is 0 Å². The maximum atomic E-state index is 14.5. The number of hydrogen-bond acceptors (Lipinski definition) is 4. The molecular weight excluding hydrogens is 718 g/mol. The normalized spacial score (nSPS) is 11.9. The molecule has 7 nitrogen and oxygen atoms in total. The molecule has 0 aliphatic carbocycles. The minimum Gasteiger partial charge on any atom is -0.354 e. The topological polar surface area (TPSA) is 86.8 Å². The number of amides is 2. The van der Waals surface area contributed by atoms with Crippen molar-refractivity contribution in [3.05, 3.63) is 129 Å². The van der Waals surface area contributed by atoms with Gasteiger partial charge in [0.25, 0.3) is 10.0 Å². The van der Waals surface area contributed by atoms with Crippen LogP contribution in [0.25, 0.3) is 0 Å². The van der Waals surface area contributed by atoms with Crippen LogP contribution in [-0.2, 0) is 32.6 Å².